The number of alkyl halides is 3. The molecule has 4 aromatic carbocycles. The van der Waals surface area contributed by atoms with Crippen molar-refractivity contribution >= 4 is 46.9 Å². The third-order valence-corrected chi connectivity index (χ3v) is 7.82. The van der Waals surface area contributed by atoms with Crippen LogP contribution in [0.15, 0.2) is 114 Å². The van der Waals surface area contributed by atoms with Crippen molar-refractivity contribution in [3.63, 3.8) is 0 Å². The molecule has 232 valence electrons. The number of hydrogen-bond donors (Lipinski definition) is 3. The molecule has 0 fully saturated rings. The number of nitrogens with one attached hydrogen (secondary N) is 3. The number of anilines is 2. The average molecular weight is 634 g/mol. The summed E-state index contributed by atoms with van der Waals surface area (Å²) in [5.41, 5.74) is 0.491. The maximum Gasteiger partial charge on any atom is 0.416 e. The second-order valence-electron chi connectivity index (χ2n) is 9.68. The number of thioether (sulfide) groups is 1. The van der Waals surface area contributed by atoms with Crippen molar-refractivity contribution in [3.8, 4) is 5.75 Å². The topological polar surface area (TPSA) is 96.5 Å². The Morgan fingerprint density at radius 2 is 1.51 bits per heavy atom. The van der Waals surface area contributed by atoms with Gasteiger partial charge in [-0.3, -0.25) is 14.4 Å². The Bertz CT molecular complexity index is 1690. The molecule has 0 aliphatic heterocycles. The molecule has 3 amide bonds. The maximum atomic E-state index is 13.5. The van der Waals surface area contributed by atoms with Crippen LogP contribution in [0.5, 0.6) is 5.75 Å². The lowest BCUT2D eigenvalue weighted by molar-refractivity contribution is -0.137. The third-order valence-electron chi connectivity index (χ3n) is 6.46. The molecule has 0 radical (unpaired) electrons. The van der Waals surface area contributed by atoms with Gasteiger partial charge in [-0.2, -0.15) is 13.2 Å². The van der Waals surface area contributed by atoms with Gasteiger partial charge in [0.2, 0.25) is 5.91 Å². The molecule has 3 N–H and O–H groups in total. The van der Waals surface area contributed by atoms with Crippen molar-refractivity contribution in [2.75, 3.05) is 17.7 Å². The second kappa shape index (κ2) is 15.1. The standard InChI is InChI=1S/C34H30F3N3O4S/c1-3-30(33(43)39-25-15-9-14-24(20-25)34(35,36)37)45-27-17-10-16-26(21-27)38-32(42)28(19-23-13-7-8-18-29(23)44-2)40-31(41)22-11-5-4-6-12-22/h4-21,30H,3H2,1-2H3,(H,38,42)(H,39,43)(H,40,41)/b28-19+. The van der Waals surface area contributed by atoms with Gasteiger partial charge in [0, 0.05) is 27.4 Å². The van der Waals surface area contributed by atoms with Crippen molar-refractivity contribution in [1.29, 1.82) is 0 Å². The van der Waals surface area contributed by atoms with Crippen molar-refractivity contribution in [2.24, 2.45) is 0 Å². The molecular weight excluding hydrogens is 603 g/mol. The summed E-state index contributed by atoms with van der Waals surface area (Å²) < 4.78 is 44.7. The van der Waals surface area contributed by atoms with E-state index in [4.69, 9.17) is 4.74 Å². The quantitative estimate of drug-likeness (QED) is 0.117. The van der Waals surface area contributed by atoms with E-state index in [2.05, 4.69) is 16.0 Å². The van der Waals surface area contributed by atoms with Crippen LogP contribution < -0.4 is 20.7 Å². The van der Waals surface area contributed by atoms with Crippen LogP contribution in [-0.4, -0.2) is 30.1 Å². The van der Waals surface area contributed by atoms with E-state index >= 15 is 0 Å². The van der Waals surface area contributed by atoms with E-state index in [1.54, 1.807) is 85.8 Å². The molecule has 0 saturated carbocycles. The first-order valence-corrected chi connectivity index (χ1v) is 14.7. The molecule has 0 heterocycles. The van der Waals surface area contributed by atoms with E-state index in [0.29, 0.717) is 33.9 Å². The summed E-state index contributed by atoms with van der Waals surface area (Å²) in [6.07, 6.45) is -2.63. The van der Waals surface area contributed by atoms with Crippen LogP contribution in [0.3, 0.4) is 0 Å². The fraction of sp³-hybridized carbons (Fsp3) is 0.147. The zero-order valence-electron chi connectivity index (χ0n) is 24.4. The van der Waals surface area contributed by atoms with E-state index in [0.717, 1.165) is 12.1 Å². The summed E-state index contributed by atoms with van der Waals surface area (Å²) in [5.74, 6) is -1.03. The van der Waals surface area contributed by atoms with Crippen molar-refractivity contribution in [2.45, 2.75) is 29.7 Å². The number of ether oxygens (including phenoxy) is 1. The lowest BCUT2D eigenvalue weighted by Gasteiger charge is -2.16. The number of carbonyl (C=O) groups is 3. The lowest BCUT2D eigenvalue weighted by atomic mass is 10.1. The van der Waals surface area contributed by atoms with E-state index in [1.165, 1.54) is 37.1 Å². The molecule has 11 heteroatoms. The van der Waals surface area contributed by atoms with Crippen molar-refractivity contribution in [1.82, 2.24) is 5.32 Å². The van der Waals surface area contributed by atoms with Gasteiger partial charge in [0.05, 0.1) is 17.9 Å². The SMILES string of the molecule is CCC(Sc1cccc(NC(=O)/C(=C\c2ccccc2OC)NC(=O)c2ccccc2)c1)C(=O)Nc1cccc(C(F)(F)F)c1. The fourth-order valence-corrected chi connectivity index (χ4v) is 5.23. The highest BCUT2D eigenvalue weighted by molar-refractivity contribution is 8.00. The van der Waals surface area contributed by atoms with E-state index in [9.17, 15) is 27.6 Å². The lowest BCUT2D eigenvalue weighted by Crippen LogP contribution is -2.30. The molecule has 0 bridgehead atoms. The Labute approximate surface area is 262 Å². The van der Waals surface area contributed by atoms with Crippen LogP contribution in [0.4, 0.5) is 24.5 Å². The number of hydrogen-bond acceptors (Lipinski definition) is 5. The molecule has 0 spiro atoms. The Kier molecular flexibility index (Phi) is 11.0. The minimum Gasteiger partial charge on any atom is -0.496 e. The third kappa shape index (κ3) is 9.23. The van der Waals surface area contributed by atoms with Crippen LogP contribution >= 0.6 is 11.8 Å². The second-order valence-corrected chi connectivity index (χ2v) is 11.0. The Hall–Kier alpha value is -5.03. The number of halogens is 3. The number of rotatable bonds is 11. The van der Waals surface area contributed by atoms with Gasteiger partial charge in [0.1, 0.15) is 11.4 Å². The van der Waals surface area contributed by atoms with Crippen LogP contribution in [0.25, 0.3) is 6.08 Å². The van der Waals surface area contributed by atoms with Gasteiger partial charge in [-0.15, -0.1) is 11.8 Å². The van der Waals surface area contributed by atoms with Gasteiger partial charge in [-0.05, 0) is 67.1 Å². The van der Waals surface area contributed by atoms with Gasteiger partial charge in [0.15, 0.2) is 0 Å². The Morgan fingerprint density at radius 3 is 2.20 bits per heavy atom. The molecule has 0 aromatic heterocycles. The smallest absolute Gasteiger partial charge is 0.416 e. The zero-order valence-corrected chi connectivity index (χ0v) is 25.2. The Balaban J connectivity index is 1.51. The molecule has 45 heavy (non-hydrogen) atoms. The molecule has 1 unspecified atom stereocenters. The number of amides is 3. The number of para-hydroxylation sites is 1. The van der Waals surface area contributed by atoms with Crippen molar-refractivity contribution < 1.29 is 32.3 Å². The van der Waals surface area contributed by atoms with Crippen molar-refractivity contribution in [3.05, 3.63) is 126 Å². The van der Waals surface area contributed by atoms with Gasteiger partial charge >= 0.3 is 6.18 Å². The molecule has 1 atom stereocenters. The minimum atomic E-state index is -4.53. The molecule has 7 nitrogen and oxygen atoms in total. The van der Waals surface area contributed by atoms with Crippen LogP contribution in [0, 0.1) is 0 Å². The molecule has 0 aliphatic rings. The summed E-state index contributed by atoms with van der Waals surface area (Å²) in [7, 11) is 1.50. The first-order chi connectivity index (χ1) is 21.6. The molecule has 0 aliphatic carbocycles. The predicted octanol–water partition coefficient (Wildman–Crippen LogP) is 7.63. The molecular formula is C34H30F3N3O4S. The van der Waals surface area contributed by atoms with E-state index in [1.807, 2.05) is 0 Å². The minimum absolute atomic E-state index is 0.0293. The average Bonchev–Trinajstić information content (AvgIpc) is 3.03. The highest BCUT2D eigenvalue weighted by atomic mass is 32.2. The summed E-state index contributed by atoms with van der Waals surface area (Å²) in [6.45, 7) is 1.79. The predicted molar refractivity (Wildman–Crippen MR) is 170 cm³/mol. The fourth-order valence-electron chi connectivity index (χ4n) is 4.21. The zero-order chi connectivity index (χ0) is 32.4. The summed E-state index contributed by atoms with van der Waals surface area (Å²) >= 11 is 1.20. The van der Waals surface area contributed by atoms with Crippen LogP contribution in [-0.2, 0) is 15.8 Å². The number of methoxy groups -OCH3 is 1. The van der Waals surface area contributed by atoms with Gasteiger partial charge in [-0.1, -0.05) is 55.5 Å². The number of carbonyl (C=O) groups excluding carboxylic acids is 3. The van der Waals surface area contributed by atoms with Crippen LogP contribution in [0.1, 0.15) is 34.8 Å². The molecule has 4 rings (SSSR count). The monoisotopic (exact) mass is 633 g/mol. The van der Waals surface area contributed by atoms with Crippen LogP contribution in [0.2, 0.25) is 0 Å². The van der Waals surface area contributed by atoms with Gasteiger partial charge in [0.25, 0.3) is 11.8 Å². The largest absolute Gasteiger partial charge is 0.496 e. The summed E-state index contributed by atoms with van der Waals surface area (Å²) in [6, 6.07) is 26.7. The summed E-state index contributed by atoms with van der Waals surface area (Å²) in [5, 5.41) is 7.42. The van der Waals surface area contributed by atoms with E-state index in [-0.39, 0.29) is 11.4 Å². The Morgan fingerprint density at radius 1 is 0.844 bits per heavy atom. The number of benzene rings is 4. The van der Waals surface area contributed by atoms with E-state index < -0.39 is 34.7 Å². The summed E-state index contributed by atoms with van der Waals surface area (Å²) in [4.78, 5) is 40.1. The highest BCUT2D eigenvalue weighted by Crippen LogP contribution is 2.32. The van der Waals surface area contributed by atoms with Gasteiger partial charge in [-0.25, -0.2) is 0 Å². The molecule has 4 aromatic rings. The maximum absolute atomic E-state index is 13.5. The first-order valence-electron chi connectivity index (χ1n) is 13.8. The highest BCUT2D eigenvalue weighted by Gasteiger charge is 2.30. The normalized spacial score (nSPS) is 12.2. The molecule has 0 saturated heterocycles. The first kappa shape index (κ1) is 32.9. The van der Waals surface area contributed by atoms with Gasteiger partial charge < -0.3 is 20.7 Å².